The van der Waals surface area contributed by atoms with E-state index in [1.165, 1.54) is 16.0 Å². The van der Waals surface area contributed by atoms with E-state index in [4.69, 9.17) is 11.6 Å². The Hall–Kier alpha value is -1.06. The first-order valence-electron chi connectivity index (χ1n) is 5.73. The zero-order valence-electron chi connectivity index (χ0n) is 10.9. The molecule has 0 aliphatic carbocycles. The molecular formula is C14H15ClN2S. The fourth-order valence-electron chi connectivity index (χ4n) is 1.56. The Balaban J connectivity index is 2.36. The Morgan fingerprint density at radius 1 is 1.00 bits per heavy atom. The SMILES string of the molecule is Cc1nc(Cl)c(C)c(Sc2ccc(C)c(C)c2)n1. The van der Waals surface area contributed by atoms with Crippen LogP contribution in [0.3, 0.4) is 0 Å². The van der Waals surface area contributed by atoms with Gasteiger partial charge in [-0.3, -0.25) is 0 Å². The lowest BCUT2D eigenvalue weighted by atomic mass is 10.1. The molecule has 1 aromatic carbocycles. The van der Waals surface area contributed by atoms with E-state index >= 15 is 0 Å². The molecule has 0 spiro atoms. The fourth-order valence-corrected chi connectivity index (χ4v) is 2.85. The van der Waals surface area contributed by atoms with Crippen molar-refractivity contribution < 1.29 is 0 Å². The number of rotatable bonds is 2. The molecule has 0 N–H and O–H groups in total. The van der Waals surface area contributed by atoms with Gasteiger partial charge in [0.2, 0.25) is 0 Å². The predicted molar refractivity (Wildman–Crippen MR) is 76.6 cm³/mol. The van der Waals surface area contributed by atoms with Crippen molar-refractivity contribution in [1.29, 1.82) is 0 Å². The molecular weight excluding hydrogens is 264 g/mol. The van der Waals surface area contributed by atoms with E-state index in [9.17, 15) is 0 Å². The average molecular weight is 279 g/mol. The van der Waals surface area contributed by atoms with Gasteiger partial charge in [-0.05, 0) is 51.0 Å². The first-order valence-corrected chi connectivity index (χ1v) is 6.92. The molecule has 2 nitrogen and oxygen atoms in total. The Morgan fingerprint density at radius 2 is 1.72 bits per heavy atom. The number of aryl methyl sites for hydroxylation is 3. The van der Waals surface area contributed by atoms with Crippen LogP contribution in [0.2, 0.25) is 5.15 Å². The number of hydrogen-bond donors (Lipinski definition) is 0. The van der Waals surface area contributed by atoms with Gasteiger partial charge in [0.15, 0.2) is 0 Å². The number of hydrogen-bond acceptors (Lipinski definition) is 3. The fraction of sp³-hybridized carbons (Fsp3) is 0.286. The lowest BCUT2D eigenvalue weighted by Gasteiger charge is -2.08. The standard InChI is InChI=1S/C14H15ClN2S/c1-8-5-6-12(7-9(8)2)18-14-10(3)13(15)16-11(4)17-14/h5-7H,1-4H3. The Morgan fingerprint density at radius 3 is 2.39 bits per heavy atom. The van der Waals surface area contributed by atoms with Crippen molar-refractivity contribution in [3.63, 3.8) is 0 Å². The van der Waals surface area contributed by atoms with Gasteiger partial charge in [0.1, 0.15) is 16.0 Å². The van der Waals surface area contributed by atoms with Crippen molar-refractivity contribution in [2.45, 2.75) is 37.6 Å². The highest BCUT2D eigenvalue weighted by Crippen LogP contribution is 2.31. The van der Waals surface area contributed by atoms with E-state index in [1.807, 2.05) is 13.8 Å². The molecule has 0 unspecified atom stereocenters. The number of halogens is 1. The Kier molecular flexibility index (Phi) is 3.93. The Bertz CT molecular complexity index is 597. The molecule has 0 aliphatic rings. The zero-order valence-corrected chi connectivity index (χ0v) is 12.5. The number of benzene rings is 1. The highest BCUT2D eigenvalue weighted by molar-refractivity contribution is 7.99. The van der Waals surface area contributed by atoms with Crippen LogP contribution in [-0.2, 0) is 0 Å². The maximum absolute atomic E-state index is 6.08. The van der Waals surface area contributed by atoms with Crippen LogP contribution in [0.4, 0.5) is 0 Å². The molecule has 0 saturated heterocycles. The molecule has 0 fully saturated rings. The lowest BCUT2D eigenvalue weighted by Crippen LogP contribution is -1.95. The number of aromatic nitrogens is 2. The van der Waals surface area contributed by atoms with Crippen molar-refractivity contribution >= 4 is 23.4 Å². The molecule has 1 aromatic heterocycles. The third-order valence-electron chi connectivity index (χ3n) is 2.85. The molecule has 94 valence electrons. The van der Waals surface area contributed by atoms with Crippen molar-refractivity contribution in [1.82, 2.24) is 9.97 Å². The van der Waals surface area contributed by atoms with Gasteiger partial charge in [0.05, 0.1) is 0 Å². The predicted octanol–water partition coefficient (Wildman–Crippen LogP) is 4.51. The molecule has 1 heterocycles. The van der Waals surface area contributed by atoms with Crippen molar-refractivity contribution in [2.24, 2.45) is 0 Å². The van der Waals surface area contributed by atoms with Gasteiger partial charge in [-0.2, -0.15) is 0 Å². The first-order chi connectivity index (χ1) is 8.47. The van der Waals surface area contributed by atoms with E-state index in [2.05, 4.69) is 42.0 Å². The molecule has 4 heteroatoms. The third kappa shape index (κ3) is 2.85. The monoisotopic (exact) mass is 278 g/mol. The summed E-state index contributed by atoms with van der Waals surface area (Å²) in [6.45, 7) is 8.03. The molecule has 0 radical (unpaired) electrons. The van der Waals surface area contributed by atoms with Crippen LogP contribution in [0, 0.1) is 27.7 Å². The van der Waals surface area contributed by atoms with Crippen LogP contribution in [0.15, 0.2) is 28.1 Å². The van der Waals surface area contributed by atoms with Crippen LogP contribution in [0.25, 0.3) is 0 Å². The van der Waals surface area contributed by atoms with Gasteiger partial charge in [-0.15, -0.1) is 0 Å². The normalized spacial score (nSPS) is 10.7. The summed E-state index contributed by atoms with van der Waals surface area (Å²) in [5.74, 6) is 0.705. The summed E-state index contributed by atoms with van der Waals surface area (Å²) in [5.41, 5.74) is 3.52. The molecule has 18 heavy (non-hydrogen) atoms. The first kappa shape index (κ1) is 13.4. The minimum atomic E-state index is 0.536. The average Bonchev–Trinajstić information content (AvgIpc) is 2.30. The zero-order chi connectivity index (χ0) is 13.3. The second kappa shape index (κ2) is 5.29. The molecule has 2 rings (SSSR count). The summed E-state index contributed by atoms with van der Waals surface area (Å²) in [7, 11) is 0. The highest BCUT2D eigenvalue weighted by atomic mass is 35.5. The summed E-state index contributed by atoms with van der Waals surface area (Å²) in [4.78, 5) is 9.77. The summed E-state index contributed by atoms with van der Waals surface area (Å²) in [6, 6.07) is 6.41. The van der Waals surface area contributed by atoms with Crippen LogP contribution < -0.4 is 0 Å². The molecule has 0 saturated carbocycles. The van der Waals surface area contributed by atoms with Gasteiger partial charge in [0, 0.05) is 10.5 Å². The van der Waals surface area contributed by atoms with Gasteiger partial charge in [0.25, 0.3) is 0 Å². The molecule has 0 amide bonds. The summed E-state index contributed by atoms with van der Waals surface area (Å²) in [5, 5.41) is 1.46. The van der Waals surface area contributed by atoms with Crippen LogP contribution in [-0.4, -0.2) is 9.97 Å². The molecule has 2 aromatic rings. The smallest absolute Gasteiger partial charge is 0.136 e. The van der Waals surface area contributed by atoms with Gasteiger partial charge in [-0.1, -0.05) is 29.4 Å². The van der Waals surface area contributed by atoms with Gasteiger partial charge >= 0.3 is 0 Å². The van der Waals surface area contributed by atoms with Gasteiger partial charge in [-0.25, -0.2) is 9.97 Å². The maximum Gasteiger partial charge on any atom is 0.136 e. The summed E-state index contributed by atoms with van der Waals surface area (Å²) in [6.07, 6.45) is 0. The van der Waals surface area contributed by atoms with Gasteiger partial charge < -0.3 is 0 Å². The summed E-state index contributed by atoms with van der Waals surface area (Å²) >= 11 is 7.71. The lowest BCUT2D eigenvalue weighted by molar-refractivity contribution is 0.938. The van der Waals surface area contributed by atoms with Crippen LogP contribution in [0.5, 0.6) is 0 Å². The van der Waals surface area contributed by atoms with Crippen LogP contribution in [0.1, 0.15) is 22.5 Å². The molecule has 0 aliphatic heterocycles. The minimum absolute atomic E-state index is 0.536. The third-order valence-corrected chi connectivity index (χ3v) is 4.29. The van der Waals surface area contributed by atoms with Crippen molar-refractivity contribution in [3.8, 4) is 0 Å². The topological polar surface area (TPSA) is 25.8 Å². The van der Waals surface area contributed by atoms with E-state index in [0.717, 1.165) is 10.6 Å². The summed E-state index contributed by atoms with van der Waals surface area (Å²) < 4.78 is 0. The largest absolute Gasteiger partial charge is 0.226 e. The quantitative estimate of drug-likeness (QED) is 0.756. The van der Waals surface area contributed by atoms with E-state index in [0.29, 0.717) is 11.0 Å². The van der Waals surface area contributed by atoms with E-state index < -0.39 is 0 Å². The van der Waals surface area contributed by atoms with E-state index in [-0.39, 0.29) is 0 Å². The highest BCUT2D eigenvalue weighted by Gasteiger charge is 2.09. The van der Waals surface area contributed by atoms with Crippen LogP contribution >= 0.6 is 23.4 Å². The van der Waals surface area contributed by atoms with Crippen molar-refractivity contribution in [3.05, 3.63) is 45.9 Å². The van der Waals surface area contributed by atoms with Crippen molar-refractivity contribution in [2.75, 3.05) is 0 Å². The second-order valence-corrected chi connectivity index (χ2v) is 5.76. The molecule has 0 atom stereocenters. The molecule has 0 bridgehead atoms. The Labute approximate surface area is 117 Å². The second-order valence-electron chi connectivity index (χ2n) is 4.34. The maximum atomic E-state index is 6.08. The number of nitrogens with zero attached hydrogens (tertiary/aromatic N) is 2. The minimum Gasteiger partial charge on any atom is -0.226 e. The van der Waals surface area contributed by atoms with E-state index in [1.54, 1.807) is 11.8 Å².